The van der Waals surface area contributed by atoms with Crippen molar-refractivity contribution in [3.63, 3.8) is 0 Å². The highest BCUT2D eigenvalue weighted by atomic mass is 35.5. The van der Waals surface area contributed by atoms with Gasteiger partial charge in [-0.15, -0.1) is 0 Å². The summed E-state index contributed by atoms with van der Waals surface area (Å²) in [6.07, 6.45) is -4.17. The number of nitrogens with zero attached hydrogens (tertiary/aromatic N) is 1. The van der Waals surface area contributed by atoms with Crippen LogP contribution in [0.15, 0.2) is 11.1 Å². The van der Waals surface area contributed by atoms with Crippen molar-refractivity contribution in [1.82, 2.24) is 9.29 Å². The lowest BCUT2D eigenvalue weighted by Gasteiger charge is -2.43. The Morgan fingerprint density at radius 2 is 2.00 bits per heavy atom. The van der Waals surface area contributed by atoms with Crippen LogP contribution in [-0.2, 0) is 21.8 Å². The number of esters is 1. The molecule has 1 N–H and O–H groups in total. The molecule has 1 heterocycles. The fourth-order valence-corrected chi connectivity index (χ4v) is 4.51. The van der Waals surface area contributed by atoms with Gasteiger partial charge in [0.1, 0.15) is 16.1 Å². The molecule has 0 aromatic carbocycles. The number of methoxy groups -OCH3 is 1. The topological polar surface area (TPSA) is 77.4 Å². The van der Waals surface area contributed by atoms with Crippen LogP contribution in [0.25, 0.3) is 0 Å². The van der Waals surface area contributed by atoms with Gasteiger partial charge in [0, 0.05) is 13.2 Å². The molecule has 0 unspecified atom stereocenters. The highest BCUT2D eigenvalue weighted by Crippen LogP contribution is 2.46. The molecule has 6 nitrogen and oxygen atoms in total. The number of hydrogen-bond acceptors (Lipinski definition) is 4. The molecule has 0 saturated heterocycles. The molecule has 2 rings (SSSR count). The van der Waals surface area contributed by atoms with Crippen LogP contribution in [0.4, 0.5) is 13.2 Å². The van der Waals surface area contributed by atoms with E-state index in [2.05, 4.69) is 4.74 Å². The van der Waals surface area contributed by atoms with Gasteiger partial charge in [0.25, 0.3) is 0 Å². The molecule has 130 valence electrons. The molecular weight excluding hydrogens is 361 g/mol. The van der Waals surface area contributed by atoms with E-state index in [4.69, 9.17) is 11.6 Å². The fraction of sp³-hybridized carbons (Fsp3) is 0.583. The van der Waals surface area contributed by atoms with Crippen molar-refractivity contribution in [3.05, 3.63) is 16.9 Å². The van der Waals surface area contributed by atoms with Crippen molar-refractivity contribution in [2.45, 2.75) is 35.9 Å². The number of aryl methyl sites for hydroxylation is 1. The number of carbonyl (C=O) groups excluding carboxylic acids is 1. The minimum Gasteiger partial charge on any atom is -0.464 e. The molecule has 11 heteroatoms. The minimum atomic E-state index is -4.72. The van der Waals surface area contributed by atoms with E-state index in [9.17, 15) is 26.4 Å². The third-order valence-corrected chi connectivity index (χ3v) is 5.88. The van der Waals surface area contributed by atoms with E-state index in [-0.39, 0.29) is 25.0 Å². The standard InChI is InChI=1S/C12H14ClF3N2O4S/c1-18-6-7(8(13)9(18)10(19)22-2)23(20,21)17-11(4-3-5-11)12(14,15)16/h6,17H,3-5H2,1-2H3. The predicted molar refractivity (Wildman–Crippen MR) is 74.7 cm³/mol. The van der Waals surface area contributed by atoms with E-state index in [0.29, 0.717) is 0 Å². The number of hydrogen-bond donors (Lipinski definition) is 1. The number of halogens is 4. The molecule has 0 spiro atoms. The van der Waals surface area contributed by atoms with Crippen LogP contribution >= 0.6 is 11.6 Å². The number of rotatable bonds is 4. The molecule has 1 aliphatic rings. The fourth-order valence-electron chi connectivity index (χ4n) is 2.37. The van der Waals surface area contributed by atoms with Gasteiger partial charge in [-0.2, -0.15) is 17.9 Å². The summed E-state index contributed by atoms with van der Waals surface area (Å²) in [5.41, 5.74) is -2.75. The Bertz CT molecular complexity index is 738. The van der Waals surface area contributed by atoms with Crippen molar-refractivity contribution >= 4 is 27.6 Å². The predicted octanol–water partition coefficient (Wildman–Crippen LogP) is 2.23. The second-order valence-electron chi connectivity index (χ2n) is 5.30. The number of nitrogens with one attached hydrogen (secondary N) is 1. The maximum absolute atomic E-state index is 13.1. The van der Waals surface area contributed by atoms with Gasteiger partial charge in [-0.3, -0.25) is 0 Å². The molecule has 23 heavy (non-hydrogen) atoms. The summed E-state index contributed by atoms with van der Waals surface area (Å²) in [6.45, 7) is 0. The van der Waals surface area contributed by atoms with Crippen LogP contribution in [0.1, 0.15) is 29.8 Å². The van der Waals surface area contributed by atoms with Gasteiger partial charge in [-0.1, -0.05) is 11.6 Å². The first-order valence-electron chi connectivity index (χ1n) is 6.49. The van der Waals surface area contributed by atoms with Gasteiger partial charge in [-0.25, -0.2) is 13.2 Å². The van der Waals surface area contributed by atoms with Crippen LogP contribution in [-0.4, -0.2) is 37.8 Å². The van der Waals surface area contributed by atoms with Crippen LogP contribution in [0.2, 0.25) is 5.02 Å². The monoisotopic (exact) mass is 374 g/mol. The zero-order chi connectivity index (χ0) is 17.6. The maximum Gasteiger partial charge on any atom is 0.407 e. The Balaban J connectivity index is 2.44. The normalized spacial score (nSPS) is 17.7. The number of alkyl halides is 3. The summed E-state index contributed by atoms with van der Waals surface area (Å²) >= 11 is 5.87. The summed E-state index contributed by atoms with van der Waals surface area (Å²) < 4.78 is 71.3. The van der Waals surface area contributed by atoms with E-state index in [1.807, 2.05) is 0 Å². The largest absolute Gasteiger partial charge is 0.464 e. The van der Waals surface area contributed by atoms with Crippen molar-refractivity contribution in [2.75, 3.05) is 7.11 Å². The third-order valence-electron chi connectivity index (χ3n) is 3.84. The van der Waals surface area contributed by atoms with Crippen molar-refractivity contribution in [2.24, 2.45) is 7.05 Å². The SMILES string of the molecule is COC(=O)c1c(Cl)c(S(=O)(=O)NC2(C(F)(F)F)CCC2)cn1C. The van der Waals surface area contributed by atoms with Gasteiger partial charge in [-0.05, 0) is 19.3 Å². The molecule has 1 aromatic heterocycles. The molecular formula is C12H14ClF3N2O4S. The second-order valence-corrected chi connectivity index (χ2v) is 7.33. The van der Waals surface area contributed by atoms with Crippen molar-refractivity contribution in [1.29, 1.82) is 0 Å². The molecule has 1 aromatic rings. The van der Waals surface area contributed by atoms with Crippen LogP contribution < -0.4 is 4.72 Å². The average Bonchev–Trinajstić information content (AvgIpc) is 2.68. The van der Waals surface area contributed by atoms with Crippen LogP contribution in [0.5, 0.6) is 0 Å². The van der Waals surface area contributed by atoms with Crippen molar-refractivity contribution in [3.8, 4) is 0 Å². The second kappa shape index (κ2) is 5.67. The molecule has 0 aliphatic heterocycles. The Labute approximate surface area is 135 Å². The number of aromatic nitrogens is 1. The molecule has 0 amide bonds. The zero-order valence-corrected chi connectivity index (χ0v) is 13.8. The van der Waals surface area contributed by atoms with E-state index in [1.165, 1.54) is 7.05 Å². The van der Waals surface area contributed by atoms with E-state index >= 15 is 0 Å². The smallest absolute Gasteiger partial charge is 0.407 e. The van der Waals surface area contributed by atoms with Gasteiger partial charge in [0.2, 0.25) is 10.0 Å². The lowest BCUT2D eigenvalue weighted by molar-refractivity contribution is -0.212. The maximum atomic E-state index is 13.1. The first-order chi connectivity index (χ1) is 10.5. The average molecular weight is 375 g/mol. The van der Waals surface area contributed by atoms with Crippen LogP contribution in [0.3, 0.4) is 0 Å². The lowest BCUT2D eigenvalue weighted by Crippen LogP contribution is -2.62. The highest BCUT2D eigenvalue weighted by molar-refractivity contribution is 7.89. The van der Waals surface area contributed by atoms with Gasteiger partial charge >= 0.3 is 12.1 Å². The summed E-state index contributed by atoms with van der Waals surface area (Å²) in [4.78, 5) is 11.0. The molecule has 1 aliphatic carbocycles. The molecule has 1 saturated carbocycles. The molecule has 0 radical (unpaired) electrons. The number of ether oxygens (including phenoxy) is 1. The summed E-state index contributed by atoms with van der Waals surface area (Å²) in [6, 6.07) is 0. The third kappa shape index (κ3) is 2.94. The molecule has 1 fully saturated rings. The van der Waals surface area contributed by atoms with Crippen molar-refractivity contribution < 1.29 is 31.1 Å². The first-order valence-corrected chi connectivity index (χ1v) is 8.35. The van der Waals surface area contributed by atoms with E-state index < -0.39 is 37.6 Å². The number of carbonyl (C=O) groups is 1. The highest BCUT2D eigenvalue weighted by Gasteiger charge is 2.60. The summed E-state index contributed by atoms with van der Waals surface area (Å²) in [5, 5.41) is -0.483. The van der Waals surface area contributed by atoms with Crippen LogP contribution in [0, 0.1) is 0 Å². The van der Waals surface area contributed by atoms with Gasteiger partial charge in [0.15, 0.2) is 0 Å². The zero-order valence-electron chi connectivity index (χ0n) is 12.2. The van der Waals surface area contributed by atoms with E-state index in [1.54, 1.807) is 4.72 Å². The quantitative estimate of drug-likeness (QED) is 0.820. The Hall–Kier alpha value is -1.26. The van der Waals surface area contributed by atoms with E-state index in [0.717, 1.165) is 17.9 Å². The Morgan fingerprint density at radius 1 is 1.43 bits per heavy atom. The van der Waals surface area contributed by atoms with Gasteiger partial charge in [0.05, 0.1) is 12.1 Å². The first kappa shape index (κ1) is 18.1. The Kier molecular flexibility index (Phi) is 4.46. The summed E-state index contributed by atoms with van der Waals surface area (Å²) in [5.74, 6) is -0.895. The molecule has 0 bridgehead atoms. The van der Waals surface area contributed by atoms with Gasteiger partial charge < -0.3 is 9.30 Å². The Morgan fingerprint density at radius 3 is 2.39 bits per heavy atom. The summed E-state index contributed by atoms with van der Waals surface area (Å²) in [7, 11) is -2.16. The minimum absolute atomic E-state index is 0.260. The molecule has 0 atom stereocenters. The number of sulfonamides is 1. The lowest BCUT2D eigenvalue weighted by atomic mass is 9.77.